The first-order chi connectivity index (χ1) is 9.11. The first-order valence-corrected chi connectivity index (χ1v) is 6.68. The third-order valence-electron chi connectivity index (χ3n) is 3.05. The summed E-state index contributed by atoms with van der Waals surface area (Å²) >= 11 is 0. The van der Waals surface area contributed by atoms with Gasteiger partial charge in [-0.15, -0.1) is 0 Å². The number of para-hydroxylation sites is 1. The Bertz CT molecular complexity index is 536. The van der Waals surface area contributed by atoms with Gasteiger partial charge in [0.1, 0.15) is 5.76 Å². The Kier molecular flexibility index (Phi) is 4.56. The van der Waals surface area contributed by atoms with Gasteiger partial charge in [-0.25, -0.2) is 4.39 Å². The van der Waals surface area contributed by atoms with Crippen LogP contribution in [0.4, 0.5) is 4.39 Å². The highest BCUT2D eigenvalue weighted by atomic mass is 19.1. The summed E-state index contributed by atoms with van der Waals surface area (Å²) in [6.07, 6.45) is 1.05. The van der Waals surface area contributed by atoms with Crippen molar-refractivity contribution in [1.29, 1.82) is 0 Å². The average Bonchev–Trinajstić information content (AvgIpc) is 2.79. The number of rotatable bonds is 6. The molecule has 2 rings (SSSR count). The second-order valence-corrected chi connectivity index (χ2v) is 5.08. The van der Waals surface area contributed by atoms with E-state index in [1.165, 1.54) is 6.07 Å². The molecule has 1 unspecified atom stereocenters. The van der Waals surface area contributed by atoms with Crippen molar-refractivity contribution < 1.29 is 8.81 Å². The van der Waals surface area contributed by atoms with Crippen LogP contribution in [0.5, 0.6) is 0 Å². The summed E-state index contributed by atoms with van der Waals surface area (Å²) < 4.78 is 19.3. The van der Waals surface area contributed by atoms with Crippen molar-refractivity contribution in [2.24, 2.45) is 0 Å². The lowest BCUT2D eigenvalue weighted by molar-refractivity contribution is 0.312. The van der Waals surface area contributed by atoms with Crippen molar-refractivity contribution in [2.45, 2.75) is 19.4 Å². The smallest absolute Gasteiger partial charge is 0.169 e. The van der Waals surface area contributed by atoms with Crippen LogP contribution in [-0.4, -0.2) is 32.1 Å². The molecule has 1 atom stereocenters. The zero-order valence-corrected chi connectivity index (χ0v) is 11.7. The summed E-state index contributed by atoms with van der Waals surface area (Å²) in [6.45, 7) is 3.86. The number of hydrogen-bond acceptors (Lipinski definition) is 3. The lowest BCUT2D eigenvalue weighted by atomic mass is 10.2. The van der Waals surface area contributed by atoms with E-state index < -0.39 is 0 Å². The fraction of sp³-hybridized carbons (Fsp3) is 0.467. The molecular weight excluding hydrogens is 243 g/mol. The standard InChI is InChI=1S/C15H21FN2O/c1-4-8-17-13(10-18(2)3)14-9-11-6-5-7-12(16)15(11)19-14/h5-7,9,13,17H,4,8,10H2,1-3H3. The van der Waals surface area contributed by atoms with Crippen molar-refractivity contribution >= 4 is 11.0 Å². The summed E-state index contributed by atoms with van der Waals surface area (Å²) in [5.41, 5.74) is 0.347. The van der Waals surface area contributed by atoms with E-state index in [1.54, 1.807) is 6.07 Å². The zero-order valence-electron chi connectivity index (χ0n) is 11.7. The molecule has 19 heavy (non-hydrogen) atoms. The first kappa shape index (κ1) is 14.0. The van der Waals surface area contributed by atoms with Gasteiger partial charge in [0, 0.05) is 11.9 Å². The van der Waals surface area contributed by atoms with Crippen LogP contribution in [0.3, 0.4) is 0 Å². The predicted octanol–water partition coefficient (Wildman–Crippen LogP) is 3.17. The number of likely N-dealkylation sites (N-methyl/N-ethyl adjacent to an activating group) is 1. The van der Waals surface area contributed by atoms with Gasteiger partial charge in [0.15, 0.2) is 11.4 Å². The Balaban J connectivity index is 2.29. The molecule has 0 saturated carbocycles. The number of halogens is 1. The van der Waals surface area contributed by atoms with Gasteiger partial charge < -0.3 is 14.6 Å². The molecule has 1 N–H and O–H groups in total. The molecule has 0 amide bonds. The number of hydrogen-bond donors (Lipinski definition) is 1. The van der Waals surface area contributed by atoms with E-state index in [1.807, 2.05) is 26.2 Å². The lowest BCUT2D eigenvalue weighted by Gasteiger charge is -2.20. The Morgan fingerprint density at radius 2 is 2.16 bits per heavy atom. The van der Waals surface area contributed by atoms with E-state index >= 15 is 0 Å². The van der Waals surface area contributed by atoms with E-state index in [4.69, 9.17) is 4.42 Å². The molecule has 3 nitrogen and oxygen atoms in total. The van der Waals surface area contributed by atoms with Crippen LogP contribution in [0.25, 0.3) is 11.0 Å². The van der Waals surface area contributed by atoms with E-state index in [0.717, 1.165) is 30.7 Å². The minimum absolute atomic E-state index is 0.0850. The molecular formula is C15H21FN2O. The molecule has 0 aliphatic carbocycles. The van der Waals surface area contributed by atoms with Gasteiger partial charge in [0.2, 0.25) is 0 Å². The Hall–Kier alpha value is -1.39. The molecule has 1 aromatic heterocycles. The second-order valence-electron chi connectivity index (χ2n) is 5.08. The summed E-state index contributed by atoms with van der Waals surface area (Å²) in [7, 11) is 4.04. The first-order valence-electron chi connectivity index (χ1n) is 6.68. The maximum atomic E-state index is 13.7. The average molecular weight is 264 g/mol. The van der Waals surface area contributed by atoms with Crippen LogP contribution in [0.2, 0.25) is 0 Å². The number of furan rings is 1. The monoisotopic (exact) mass is 264 g/mol. The van der Waals surface area contributed by atoms with Crippen molar-refractivity contribution in [1.82, 2.24) is 10.2 Å². The third kappa shape index (κ3) is 3.33. The summed E-state index contributed by atoms with van der Waals surface area (Å²) in [6, 6.07) is 7.02. The third-order valence-corrected chi connectivity index (χ3v) is 3.05. The zero-order chi connectivity index (χ0) is 13.8. The van der Waals surface area contributed by atoms with Crippen LogP contribution in [-0.2, 0) is 0 Å². The fourth-order valence-electron chi connectivity index (χ4n) is 2.16. The Morgan fingerprint density at radius 1 is 1.37 bits per heavy atom. The maximum absolute atomic E-state index is 13.7. The van der Waals surface area contributed by atoms with Gasteiger partial charge >= 0.3 is 0 Å². The molecule has 1 aromatic carbocycles. The Labute approximate surface area is 113 Å². The SMILES string of the molecule is CCCNC(CN(C)C)c1cc2cccc(F)c2o1. The lowest BCUT2D eigenvalue weighted by Crippen LogP contribution is -2.31. The molecule has 104 valence electrons. The summed E-state index contributed by atoms with van der Waals surface area (Å²) in [5.74, 6) is 0.491. The van der Waals surface area contributed by atoms with Crippen molar-refractivity contribution in [2.75, 3.05) is 27.2 Å². The molecule has 0 fully saturated rings. The number of nitrogens with zero attached hydrogens (tertiary/aromatic N) is 1. The van der Waals surface area contributed by atoms with Crippen LogP contribution in [0.1, 0.15) is 25.1 Å². The van der Waals surface area contributed by atoms with E-state index in [-0.39, 0.29) is 11.9 Å². The van der Waals surface area contributed by atoms with E-state index in [0.29, 0.717) is 5.58 Å². The largest absolute Gasteiger partial charge is 0.456 e. The van der Waals surface area contributed by atoms with Crippen LogP contribution >= 0.6 is 0 Å². The van der Waals surface area contributed by atoms with Gasteiger partial charge in [0.05, 0.1) is 6.04 Å². The predicted molar refractivity (Wildman–Crippen MR) is 75.8 cm³/mol. The molecule has 0 aliphatic rings. The fourth-order valence-corrected chi connectivity index (χ4v) is 2.16. The summed E-state index contributed by atoms with van der Waals surface area (Å²) in [4.78, 5) is 2.09. The molecule has 2 aromatic rings. The topological polar surface area (TPSA) is 28.4 Å². The van der Waals surface area contributed by atoms with E-state index in [2.05, 4.69) is 17.1 Å². The van der Waals surface area contributed by atoms with Crippen LogP contribution < -0.4 is 5.32 Å². The highest BCUT2D eigenvalue weighted by Gasteiger charge is 2.17. The molecule has 0 aliphatic heterocycles. The van der Waals surface area contributed by atoms with Crippen LogP contribution in [0.15, 0.2) is 28.7 Å². The number of fused-ring (bicyclic) bond motifs is 1. The quantitative estimate of drug-likeness (QED) is 0.868. The van der Waals surface area contributed by atoms with Crippen molar-refractivity contribution in [3.63, 3.8) is 0 Å². The van der Waals surface area contributed by atoms with Gasteiger partial charge in [-0.1, -0.05) is 19.1 Å². The van der Waals surface area contributed by atoms with Crippen LogP contribution in [0, 0.1) is 5.82 Å². The molecule has 0 saturated heterocycles. The highest BCUT2D eigenvalue weighted by molar-refractivity contribution is 5.78. The van der Waals surface area contributed by atoms with Gasteiger partial charge in [-0.3, -0.25) is 0 Å². The van der Waals surface area contributed by atoms with Gasteiger partial charge in [0.25, 0.3) is 0 Å². The van der Waals surface area contributed by atoms with E-state index in [9.17, 15) is 4.39 Å². The van der Waals surface area contributed by atoms with Gasteiger partial charge in [-0.05, 0) is 39.2 Å². The number of nitrogens with one attached hydrogen (secondary N) is 1. The molecule has 1 heterocycles. The minimum atomic E-state index is -0.303. The molecule has 0 bridgehead atoms. The molecule has 0 radical (unpaired) electrons. The number of benzene rings is 1. The molecule has 4 heteroatoms. The van der Waals surface area contributed by atoms with Crippen molar-refractivity contribution in [3.8, 4) is 0 Å². The highest BCUT2D eigenvalue weighted by Crippen LogP contribution is 2.26. The normalized spacial score (nSPS) is 13.3. The van der Waals surface area contributed by atoms with Gasteiger partial charge in [-0.2, -0.15) is 0 Å². The summed E-state index contributed by atoms with van der Waals surface area (Å²) in [5, 5.41) is 4.26. The van der Waals surface area contributed by atoms with Crippen molar-refractivity contribution in [3.05, 3.63) is 35.8 Å². The Morgan fingerprint density at radius 3 is 2.79 bits per heavy atom. The minimum Gasteiger partial charge on any atom is -0.456 e. The maximum Gasteiger partial charge on any atom is 0.169 e. The second kappa shape index (κ2) is 6.17. The molecule has 0 spiro atoms.